The summed E-state index contributed by atoms with van der Waals surface area (Å²) in [6.45, 7) is 1.82. The number of halogens is 1. The first kappa shape index (κ1) is 17.7. The molecule has 4 rings (SSSR count). The second-order valence-corrected chi connectivity index (χ2v) is 5.97. The Morgan fingerprint density at radius 1 is 1.28 bits per heavy atom. The molecule has 2 aromatic heterocycles. The number of nitrogens with zero attached hydrogens (tertiary/aromatic N) is 3. The molecular formula is C19H22IN5. The molecule has 2 N–H and O–H groups in total. The quantitative estimate of drug-likeness (QED) is 0.368. The molecule has 0 radical (unpaired) electrons. The summed E-state index contributed by atoms with van der Waals surface area (Å²) in [6, 6.07) is 12.6. The second kappa shape index (κ2) is 7.86. The van der Waals surface area contributed by atoms with Crippen LogP contribution >= 0.6 is 24.0 Å². The number of fused-ring (bicyclic) bond motifs is 2. The van der Waals surface area contributed by atoms with Gasteiger partial charge in [-0.05, 0) is 42.2 Å². The van der Waals surface area contributed by atoms with Crippen molar-refractivity contribution in [1.29, 1.82) is 0 Å². The highest BCUT2D eigenvalue weighted by molar-refractivity contribution is 14.0. The number of nitrogens with one attached hydrogen (secondary N) is 2. The van der Waals surface area contributed by atoms with E-state index < -0.39 is 0 Å². The third-order valence-electron chi connectivity index (χ3n) is 4.57. The van der Waals surface area contributed by atoms with Gasteiger partial charge in [0, 0.05) is 43.6 Å². The molecule has 0 aliphatic carbocycles. The van der Waals surface area contributed by atoms with Crippen LogP contribution in [-0.4, -0.2) is 36.1 Å². The van der Waals surface area contributed by atoms with E-state index in [-0.39, 0.29) is 24.0 Å². The number of aromatic amines is 1. The van der Waals surface area contributed by atoms with E-state index in [1.54, 1.807) is 0 Å². The first-order valence-electron chi connectivity index (χ1n) is 8.34. The monoisotopic (exact) mass is 447 g/mol. The van der Waals surface area contributed by atoms with Crippen LogP contribution in [-0.2, 0) is 12.8 Å². The average molecular weight is 447 g/mol. The van der Waals surface area contributed by atoms with Crippen LogP contribution in [0, 0.1) is 0 Å². The van der Waals surface area contributed by atoms with Crippen molar-refractivity contribution in [2.24, 2.45) is 4.99 Å². The molecular weight excluding hydrogens is 425 g/mol. The Morgan fingerprint density at radius 2 is 2.16 bits per heavy atom. The third-order valence-corrected chi connectivity index (χ3v) is 4.57. The Bertz CT molecular complexity index is 886. The van der Waals surface area contributed by atoms with Crippen LogP contribution in [0.2, 0.25) is 0 Å². The standard InChI is InChI=1S/C19H21N5.HI/c1-20-19(24-12-9-14-5-2-3-7-17(14)24)22-11-8-15-13-23-18-16(15)6-4-10-21-18;/h2-7,10,13H,8-9,11-12H2,1H3,(H,20,22)(H,21,23);1H. The molecule has 0 unspecified atom stereocenters. The van der Waals surface area contributed by atoms with Gasteiger partial charge in [-0.1, -0.05) is 18.2 Å². The minimum atomic E-state index is 0. The van der Waals surface area contributed by atoms with E-state index in [2.05, 4.69) is 55.5 Å². The minimum Gasteiger partial charge on any atom is -0.356 e. The van der Waals surface area contributed by atoms with Crippen LogP contribution in [0.4, 0.5) is 5.69 Å². The summed E-state index contributed by atoms with van der Waals surface area (Å²) in [5, 5.41) is 4.69. The summed E-state index contributed by atoms with van der Waals surface area (Å²) in [6.07, 6.45) is 5.87. The number of aliphatic imine (C=N–C) groups is 1. The van der Waals surface area contributed by atoms with E-state index in [1.165, 1.54) is 22.2 Å². The first-order chi connectivity index (χ1) is 11.9. The van der Waals surface area contributed by atoms with E-state index in [9.17, 15) is 0 Å². The molecule has 0 saturated carbocycles. The molecule has 3 heterocycles. The van der Waals surface area contributed by atoms with E-state index >= 15 is 0 Å². The van der Waals surface area contributed by atoms with Crippen LogP contribution in [0.3, 0.4) is 0 Å². The molecule has 3 aromatic rings. The Morgan fingerprint density at radius 3 is 3.04 bits per heavy atom. The van der Waals surface area contributed by atoms with Crippen molar-refractivity contribution in [2.75, 3.05) is 25.0 Å². The normalized spacial score (nSPS) is 13.6. The van der Waals surface area contributed by atoms with Gasteiger partial charge in [-0.15, -0.1) is 24.0 Å². The van der Waals surface area contributed by atoms with Crippen LogP contribution in [0.5, 0.6) is 0 Å². The number of rotatable bonds is 3. The van der Waals surface area contributed by atoms with Gasteiger partial charge in [0.25, 0.3) is 0 Å². The number of hydrogen-bond donors (Lipinski definition) is 2. The van der Waals surface area contributed by atoms with Crippen molar-refractivity contribution < 1.29 is 0 Å². The lowest BCUT2D eigenvalue weighted by Crippen LogP contribution is -2.41. The predicted molar refractivity (Wildman–Crippen MR) is 114 cm³/mol. The summed E-state index contributed by atoms with van der Waals surface area (Å²) >= 11 is 0. The second-order valence-electron chi connectivity index (χ2n) is 5.97. The number of guanidine groups is 1. The summed E-state index contributed by atoms with van der Waals surface area (Å²) in [4.78, 5) is 14.3. The van der Waals surface area contributed by atoms with Crippen LogP contribution < -0.4 is 10.2 Å². The Balaban J connectivity index is 0.00000182. The lowest BCUT2D eigenvalue weighted by atomic mass is 10.1. The third kappa shape index (κ3) is 3.49. The fourth-order valence-electron chi connectivity index (χ4n) is 3.38. The van der Waals surface area contributed by atoms with Gasteiger partial charge in [0.1, 0.15) is 5.65 Å². The maximum atomic E-state index is 4.46. The highest BCUT2D eigenvalue weighted by Crippen LogP contribution is 2.27. The van der Waals surface area contributed by atoms with E-state index in [0.29, 0.717) is 0 Å². The first-order valence-corrected chi connectivity index (χ1v) is 8.34. The average Bonchev–Trinajstić information content (AvgIpc) is 3.23. The molecule has 0 bridgehead atoms. The van der Waals surface area contributed by atoms with Crippen molar-refractivity contribution >= 4 is 46.7 Å². The zero-order valence-corrected chi connectivity index (χ0v) is 16.5. The Labute approximate surface area is 164 Å². The number of H-pyrrole nitrogens is 1. The molecule has 0 atom stereocenters. The minimum absolute atomic E-state index is 0. The highest BCUT2D eigenvalue weighted by atomic mass is 127. The van der Waals surface area contributed by atoms with Gasteiger partial charge in [0.05, 0.1) is 0 Å². The van der Waals surface area contributed by atoms with Crippen molar-refractivity contribution in [1.82, 2.24) is 15.3 Å². The zero-order chi connectivity index (χ0) is 16.4. The summed E-state index contributed by atoms with van der Waals surface area (Å²) in [7, 11) is 1.85. The van der Waals surface area contributed by atoms with E-state index in [0.717, 1.165) is 37.5 Å². The molecule has 0 spiro atoms. The molecule has 6 heteroatoms. The molecule has 0 amide bonds. The van der Waals surface area contributed by atoms with Gasteiger partial charge in [-0.3, -0.25) is 4.99 Å². The van der Waals surface area contributed by atoms with E-state index in [1.807, 2.05) is 25.5 Å². The van der Waals surface area contributed by atoms with Crippen LogP contribution in [0.15, 0.2) is 53.8 Å². The molecule has 0 saturated heterocycles. The van der Waals surface area contributed by atoms with Gasteiger partial charge < -0.3 is 15.2 Å². The smallest absolute Gasteiger partial charge is 0.198 e. The van der Waals surface area contributed by atoms with Gasteiger partial charge in [0.2, 0.25) is 0 Å². The zero-order valence-electron chi connectivity index (χ0n) is 14.2. The summed E-state index contributed by atoms with van der Waals surface area (Å²) < 4.78 is 0. The fourth-order valence-corrected chi connectivity index (χ4v) is 3.38. The van der Waals surface area contributed by atoms with Gasteiger partial charge in [0.15, 0.2) is 5.96 Å². The van der Waals surface area contributed by atoms with Crippen molar-refractivity contribution in [3.05, 3.63) is 59.9 Å². The lowest BCUT2D eigenvalue weighted by molar-refractivity contribution is 0.840. The van der Waals surface area contributed by atoms with Gasteiger partial charge in [-0.2, -0.15) is 0 Å². The summed E-state index contributed by atoms with van der Waals surface area (Å²) in [5.41, 5.74) is 4.89. The number of pyridine rings is 1. The number of anilines is 1. The SMILES string of the molecule is CN=C(NCCc1c[nH]c2ncccc12)N1CCc2ccccc21.I. The fraction of sp³-hybridized carbons (Fsp3) is 0.263. The summed E-state index contributed by atoms with van der Waals surface area (Å²) in [5.74, 6) is 0.943. The predicted octanol–water partition coefficient (Wildman–Crippen LogP) is 3.36. The van der Waals surface area contributed by atoms with Crippen molar-refractivity contribution in [3.8, 4) is 0 Å². The number of hydrogen-bond acceptors (Lipinski definition) is 2. The van der Waals surface area contributed by atoms with Crippen LogP contribution in [0.25, 0.3) is 11.0 Å². The van der Waals surface area contributed by atoms with Gasteiger partial charge >= 0.3 is 0 Å². The Kier molecular flexibility index (Phi) is 5.57. The van der Waals surface area contributed by atoms with Crippen molar-refractivity contribution in [2.45, 2.75) is 12.8 Å². The molecule has 25 heavy (non-hydrogen) atoms. The largest absolute Gasteiger partial charge is 0.356 e. The molecule has 0 fully saturated rings. The molecule has 1 aromatic carbocycles. The maximum absolute atomic E-state index is 4.46. The maximum Gasteiger partial charge on any atom is 0.198 e. The topological polar surface area (TPSA) is 56.3 Å². The highest BCUT2D eigenvalue weighted by Gasteiger charge is 2.22. The number of para-hydroxylation sites is 1. The van der Waals surface area contributed by atoms with Crippen molar-refractivity contribution in [3.63, 3.8) is 0 Å². The van der Waals surface area contributed by atoms with Crippen LogP contribution in [0.1, 0.15) is 11.1 Å². The van der Waals surface area contributed by atoms with Gasteiger partial charge in [-0.25, -0.2) is 4.98 Å². The lowest BCUT2D eigenvalue weighted by Gasteiger charge is -2.22. The van der Waals surface area contributed by atoms with E-state index in [4.69, 9.17) is 0 Å². The molecule has 130 valence electrons. The molecule has 5 nitrogen and oxygen atoms in total. The number of benzene rings is 1. The Hall–Kier alpha value is -2.09. The number of aromatic nitrogens is 2. The molecule has 1 aliphatic heterocycles. The molecule has 1 aliphatic rings.